The first-order valence-corrected chi connectivity index (χ1v) is 34.1. The van der Waals surface area contributed by atoms with Crippen LogP contribution in [0.5, 0.6) is 0 Å². The van der Waals surface area contributed by atoms with E-state index in [-0.39, 0.29) is 31.1 Å². The Morgan fingerprint density at radius 1 is 0.273 bits per heavy atom. The van der Waals surface area contributed by atoms with Gasteiger partial charge in [0, 0.05) is 19.3 Å². The lowest BCUT2D eigenvalue weighted by Crippen LogP contribution is -2.30. The molecule has 0 aliphatic rings. The van der Waals surface area contributed by atoms with E-state index in [1.807, 2.05) is 0 Å². The van der Waals surface area contributed by atoms with Gasteiger partial charge in [-0.3, -0.25) is 14.4 Å². The highest BCUT2D eigenvalue weighted by Crippen LogP contribution is 2.18. The molecular formula is C71H130O6. The summed E-state index contributed by atoms with van der Waals surface area (Å²) < 4.78 is 16.9. The fourth-order valence-electron chi connectivity index (χ4n) is 10.3. The number of hydrogen-bond acceptors (Lipinski definition) is 6. The number of ether oxygens (including phenoxy) is 3. The first kappa shape index (κ1) is 74.4. The zero-order valence-electron chi connectivity index (χ0n) is 51.7. The molecule has 0 saturated heterocycles. The maximum Gasteiger partial charge on any atom is 0.306 e. The SMILES string of the molecule is CC/C=C\C/C=C\C/C=C\C/C=C\CCCCCCCCCCCCC(=O)OC(COC(=O)CCCCCCCCCCCC)COC(=O)CCCCCCCCCCCCCCCCCCCCCCCCCCCC. The van der Waals surface area contributed by atoms with Crippen LogP contribution in [0.25, 0.3) is 0 Å². The number of carbonyl (C=O) groups excluding carboxylic acids is 3. The van der Waals surface area contributed by atoms with Crippen molar-refractivity contribution in [3.05, 3.63) is 48.6 Å². The van der Waals surface area contributed by atoms with E-state index in [0.717, 1.165) is 83.5 Å². The van der Waals surface area contributed by atoms with Crippen molar-refractivity contribution < 1.29 is 28.6 Å². The third-order valence-electron chi connectivity index (χ3n) is 15.3. The van der Waals surface area contributed by atoms with Crippen LogP contribution in [0.2, 0.25) is 0 Å². The number of esters is 3. The van der Waals surface area contributed by atoms with Crippen LogP contribution in [0.15, 0.2) is 48.6 Å². The maximum absolute atomic E-state index is 12.9. The standard InChI is InChI=1S/C71H130O6/c1-4-7-10-13-16-19-22-24-26-28-30-32-34-35-36-38-39-41-43-45-47-49-52-55-58-61-64-70(73)76-67-68(66-75-69(72)63-60-57-54-51-21-18-15-12-9-6-3)77-71(74)65-62-59-56-53-50-48-46-44-42-40-37-33-31-29-27-25-23-20-17-14-11-8-5-2/h8,11,17,20,25,27,31,33,68H,4-7,9-10,12-16,18-19,21-24,26,28-30,32,34-67H2,1-3H3/b11-8-,20-17-,27-25-,33-31-. The molecule has 0 radical (unpaired) electrons. The van der Waals surface area contributed by atoms with E-state index in [1.165, 1.54) is 244 Å². The van der Waals surface area contributed by atoms with Gasteiger partial charge in [0.15, 0.2) is 6.10 Å². The lowest BCUT2D eigenvalue weighted by molar-refractivity contribution is -0.167. The summed E-state index contributed by atoms with van der Waals surface area (Å²) in [6.07, 6.45) is 82.9. The number of allylic oxidation sites excluding steroid dienone is 8. The Balaban J connectivity index is 4.16. The van der Waals surface area contributed by atoms with Crippen LogP contribution in [-0.4, -0.2) is 37.2 Å². The first-order chi connectivity index (χ1) is 38.0. The van der Waals surface area contributed by atoms with Crippen molar-refractivity contribution in [1.29, 1.82) is 0 Å². The molecule has 0 amide bonds. The summed E-state index contributed by atoms with van der Waals surface area (Å²) in [4.78, 5) is 38.3. The second-order valence-corrected chi connectivity index (χ2v) is 23.1. The van der Waals surface area contributed by atoms with Crippen molar-refractivity contribution in [2.24, 2.45) is 0 Å². The average molecular weight is 1080 g/mol. The maximum atomic E-state index is 12.9. The van der Waals surface area contributed by atoms with Crippen LogP contribution < -0.4 is 0 Å². The van der Waals surface area contributed by atoms with E-state index >= 15 is 0 Å². The van der Waals surface area contributed by atoms with E-state index in [1.54, 1.807) is 0 Å². The van der Waals surface area contributed by atoms with Gasteiger partial charge < -0.3 is 14.2 Å². The molecule has 0 rings (SSSR count). The third-order valence-corrected chi connectivity index (χ3v) is 15.3. The fourth-order valence-corrected chi connectivity index (χ4v) is 10.3. The van der Waals surface area contributed by atoms with Gasteiger partial charge in [-0.2, -0.15) is 0 Å². The minimum Gasteiger partial charge on any atom is -0.462 e. The van der Waals surface area contributed by atoms with Crippen molar-refractivity contribution in [2.75, 3.05) is 13.2 Å². The molecule has 0 fully saturated rings. The van der Waals surface area contributed by atoms with Gasteiger partial charge in [-0.25, -0.2) is 0 Å². The molecule has 0 aliphatic carbocycles. The molecule has 1 atom stereocenters. The molecule has 0 aromatic rings. The monoisotopic (exact) mass is 1080 g/mol. The van der Waals surface area contributed by atoms with Gasteiger partial charge in [0.1, 0.15) is 13.2 Å². The fraction of sp³-hybridized carbons (Fsp3) is 0.845. The van der Waals surface area contributed by atoms with Crippen LogP contribution in [0.3, 0.4) is 0 Å². The number of unbranched alkanes of at least 4 members (excludes halogenated alkanes) is 44. The molecule has 6 heteroatoms. The molecular weight excluding hydrogens is 949 g/mol. The summed E-state index contributed by atoms with van der Waals surface area (Å²) in [6.45, 7) is 6.58. The highest BCUT2D eigenvalue weighted by molar-refractivity contribution is 5.71. The predicted octanol–water partition coefficient (Wildman–Crippen LogP) is 23.3. The molecule has 0 N–H and O–H groups in total. The Morgan fingerprint density at radius 3 is 0.792 bits per heavy atom. The second kappa shape index (κ2) is 65.9. The normalized spacial score (nSPS) is 12.3. The van der Waals surface area contributed by atoms with Crippen molar-refractivity contribution in [2.45, 2.75) is 374 Å². The molecule has 77 heavy (non-hydrogen) atoms. The van der Waals surface area contributed by atoms with Gasteiger partial charge in [-0.1, -0.05) is 339 Å². The minimum atomic E-state index is -0.772. The quantitative estimate of drug-likeness (QED) is 0.0261. The van der Waals surface area contributed by atoms with Gasteiger partial charge in [0.2, 0.25) is 0 Å². The highest BCUT2D eigenvalue weighted by Gasteiger charge is 2.19. The van der Waals surface area contributed by atoms with Crippen LogP contribution in [-0.2, 0) is 28.6 Å². The van der Waals surface area contributed by atoms with Crippen molar-refractivity contribution in [3.8, 4) is 0 Å². The van der Waals surface area contributed by atoms with Crippen molar-refractivity contribution in [3.63, 3.8) is 0 Å². The highest BCUT2D eigenvalue weighted by atomic mass is 16.6. The lowest BCUT2D eigenvalue weighted by Gasteiger charge is -2.18. The summed E-state index contributed by atoms with van der Waals surface area (Å²) in [5.74, 6) is -0.851. The van der Waals surface area contributed by atoms with Crippen molar-refractivity contribution in [1.82, 2.24) is 0 Å². The Bertz CT molecular complexity index is 1330. The Morgan fingerprint density at radius 2 is 0.506 bits per heavy atom. The number of rotatable bonds is 63. The Kier molecular flexibility index (Phi) is 63.6. The van der Waals surface area contributed by atoms with Crippen molar-refractivity contribution >= 4 is 17.9 Å². The molecule has 0 bridgehead atoms. The van der Waals surface area contributed by atoms with E-state index in [0.29, 0.717) is 19.3 Å². The molecule has 1 unspecified atom stereocenters. The minimum absolute atomic E-state index is 0.0694. The Hall–Kier alpha value is -2.63. The van der Waals surface area contributed by atoms with E-state index in [4.69, 9.17) is 14.2 Å². The van der Waals surface area contributed by atoms with Gasteiger partial charge >= 0.3 is 17.9 Å². The van der Waals surface area contributed by atoms with E-state index in [9.17, 15) is 14.4 Å². The predicted molar refractivity (Wildman–Crippen MR) is 335 cm³/mol. The topological polar surface area (TPSA) is 78.9 Å². The molecule has 0 aliphatic heterocycles. The molecule has 0 heterocycles. The smallest absolute Gasteiger partial charge is 0.306 e. The zero-order valence-corrected chi connectivity index (χ0v) is 51.7. The Labute approximate surface area is 479 Å². The van der Waals surface area contributed by atoms with Gasteiger partial charge in [0.25, 0.3) is 0 Å². The first-order valence-electron chi connectivity index (χ1n) is 34.1. The zero-order chi connectivity index (χ0) is 55.7. The second-order valence-electron chi connectivity index (χ2n) is 23.1. The lowest BCUT2D eigenvalue weighted by atomic mass is 10.0. The van der Waals surface area contributed by atoms with Crippen LogP contribution in [0, 0.1) is 0 Å². The summed E-state index contributed by atoms with van der Waals surface area (Å²) >= 11 is 0. The van der Waals surface area contributed by atoms with Crippen LogP contribution >= 0.6 is 0 Å². The van der Waals surface area contributed by atoms with Crippen LogP contribution in [0.4, 0.5) is 0 Å². The van der Waals surface area contributed by atoms with Gasteiger partial charge in [-0.15, -0.1) is 0 Å². The summed E-state index contributed by atoms with van der Waals surface area (Å²) in [6, 6.07) is 0. The molecule has 450 valence electrons. The third kappa shape index (κ3) is 64.1. The number of carbonyl (C=O) groups is 3. The average Bonchev–Trinajstić information content (AvgIpc) is 3.43. The molecule has 0 saturated carbocycles. The van der Waals surface area contributed by atoms with E-state index < -0.39 is 6.10 Å². The molecule has 0 aromatic heterocycles. The van der Waals surface area contributed by atoms with Crippen LogP contribution in [0.1, 0.15) is 367 Å². The largest absolute Gasteiger partial charge is 0.462 e. The van der Waals surface area contributed by atoms with E-state index in [2.05, 4.69) is 69.4 Å². The molecule has 6 nitrogen and oxygen atoms in total. The molecule has 0 aromatic carbocycles. The van der Waals surface area contributed by atoms with Gasteiger partial charge in [-0.05, 0) is 57.8 Å². The van der Waals surface area contributed by atoms with Gasteiger partial charge in [0.05, 0.1) is 0 Å². The number of hydrogen-bond donors (Lipinski definition) is 0. The molecule has 0 spiro atoms. The summed E-state index contributed by atoms with van der Waals surface area (Å²) in [5, 5.41) is 0. The summed E-state index contributed by atoms with van der Waals surface area (Å²) in [5.41, 5.74) is 0. The summed E-state index contributed by atoms with van der Waals surface area (Å²) in [7, 11) is 0.